The topological polar surface area (TPSA) is 76.3 Å². The van der Waals surface area contributed by atoms with Crippen LogP contribution in [-0.4, -0.2) is 19.9 Å². The minimum Gasteiger partial charge on any atom is -0.463 e. The summed E-state index contributed by atoms with van der Waals surface area (Å²) in [6, 6.07) is 50.6. The molecule has 8 aromatic rings. The second kappa shape index (κ2) is 11.6. The smallest absolute Gasteiger partial charge is 0.151 e. The molecule has 0 radical (unpaired) electrons. The van der Waals surface area contributed by atoms with Gasteiger partial charge in [0, 0.05) is 49.8 Å². The van der Waals surface area contributed by atoms with E-state index in [0.717, 1.165) is 88.1 Å². The van der Waals surface area contributed by atoms with Crippen molar-refractivity contribution in [3.05, 3.63) is 218 Å². The standard InChI is InChI=1S/C42H30N4OS/c48-37-24-25-47-42(37)41-35-22-20-33(45-35)39(27-12-6-2-7-13-27)31-18-16-29(43-31)38(26-10-4-1-5-11-26)30-17-19-32(44-30)40(28-14-8-3-9-15-28)34-21-23-36(41)46-34/h1-25,43-46,48H. The maximum absolute atomic E-state index is 6.08. The third-order valence-electron chi connectivity index (χ3n) is 8.96. The average Bonchev–Trinajstić information content (AvgIpc) is 3.98. The highest BCUT2D eigenvalue weighted by Crippen LogP contribution is 2.30. The highest BCUT2D eigenvalue weighted by Gasteiger charge is 2.20. The van der Waals surface area contributed by atoms with Gasteiger partial charge in [-0.2, -0.15) is 0 Å². The van der Waals surface area contributed by atoms with Crippen LogP contribution in [0.1, 0.15) is 45.2 Å². The van der Waals surface area contributed by atoms with Crippen LogP contribution in [-0.2, 0) is 0 Å². The van der Waals surface area contributed by atoms with E-state index < -0.39 is 0 Å². The lowest BCUT2D eigenvalue weighted by Crippen LogP contribution is -2.19. The summed E-state index contributed by atoms with van der Waals surface area (Å²) in [5, 5.41) is 3.91. The summed E-state index contributed by atoms with van der Waals surface area (Å²) < 4.78 is 6.08. The minimum atomic E-state index is 0.690. The van der Waals surface area contributed by atoms with Crippen molar-refractivity contribution >= 4 is 34.9 Å². The number of aromatic amines is 4. The van der Waals surface area contributed by atoms with Crippen LogP contribution in [0, 0.1) is 0 Å². The molecule has 4 N–H and O–H groups in total. The molecule has 5 nitrogen and oxygen atoms in total. The van der Waals surface area contributed by atoms with Gasteiger partial charge in [-0.05, 0) is 71.3 Å². The molecule has 9 rings (SSSR count). The van der Waals surface area contributed by atoms with Crippen LogP contribution in [0.25, 0.3) is 22.3 Å². The zero-order chi connectivity index (χ0) is 32.0. The summed E-state index contributed by atoms with van der Waals surface area (Å²) in [4.78, 5) is 15.9. The van der Waals surface area contributed by atoms with Crippen molar-refractivity contribution in [1.29, 1.82) is 0 Å². The molecule has 0 atom stereocenters. The molecule has 0 fully saturated rings. The van der Waals surface area contributed by atoms with Crippen LogP contribution in [0.4, 0.5) is 0 Å². The average molecular weight is 639 g/mol. The van der Waals surface area contributed by atoms with E-state index in [4.69, 9.17) is 17.0 Å². The van der Waals surface area contributed by atoms with Crippen LogP contribution in [0.15, 0.2) is 161 Å². The molecule has 0 saturated carbocycles. The summed E-state index contributed by atoms with van der Waals surface area (Å²) in [7, 11) is 0. The molecule has 1 aliphatic rings. The summed E-state index contributed by atoms with van der Waals surface area (Å²) in [6.07, 6.45) is 1.68. The number of aromatic nitrogens is 4. The van der Waals surface area contributed by atoms with E-state index in [1.807, 2.05) is 18.2 Å². The van der Waals surface area contributed by atoms with Crippen LogP contribution in [0.2, 0.25) is 0 Å². The number of nitrogens with one attached hydrogen (secondary N) is 4. The molecule has 6 heteroatoms. The lowest BCUT2D eigenvalue weighted by Gasteiger charge is -2.09. The molecule has 0 spiro atoms. The molecule has 1 aliphatic heterocycles. The highest BCUT2D eigenvalue weighted by atomic mass is 32.1. The number of furan rings is 1. The minimum absolute atomic E-state index is 0.690. The number of hydrogen-bond donors (Lipinski definition) is 5. The Balaban J connectivity index is 1.45. The number of fused-ring (bicyclic) bond motifs is 8. The normalized spacial score (nSPS) is 12.9. The van der Waals surface area contributed by atoms with Crippen molar-refractivity contribution < 1.29 is 4.42 Å². The zero-order valence-corrected chi connectivity index (χ0v) is 26.7. The maximum Gasteiger partial charge on any atom is 0.151 e. The molecular formula is C42H30N4OS. The zero-order valence-electron chi connectivity index (χ0n) is 25.8. The number of H-pyrrole nitrogens is 4. The summed E-state index contributed by atoms with van der Waals surface area (Å²) in [5.74, 6) is 0.690. The van der Waals surface area contributed by atoms with Gasteiger partial charge in [0.25, 0.3) is 0 Å². The SMILES string of the molecule is Sc1ccoc1C1=c2ccc([nH]2)=C(c2ccccc2)c2ccc([nH]2)C(c2ccccc2)=c2ccc([nH]2)=C(c2ccccc2)c2ccc1[nH]2. The van der Waals surface area contributed by atoms with E-state index >= 15 is 0 Å². The van der Waals surface area contributed by atoms with Crippen molar-refractivity contribution in [2.24, 2.45) is 0 Å². The predicted molar refractivity (Wildman–Crippen MR) is 193 cm³/mol. The number of benzene rings is 3. The molecule has 0 unspecified atom stereocenters. The molecule has 0 saturated heterocycles. The van der Waals surface area contributed by atoms with Gasteiger partial charge >= 0.3 is 0 Å². The van der Waals surface area contributed by atoms with Gasteiger partial charge in [-0.3, -0.25) is 0 Å². The fraction of sp³-hybridized carbons (Fsp3) is 0. The highest BCUT2D eigenvalue weighted by molar-refractivity contribution is 7.80. The van der Waals surface area contributed by atoms with E-state index in [1.165, 1.54) is 0 Å². The molecule has 230 valence electrons. The summed E-state index contributed by atoms with van der Waals surface area (Å²) >= 11 is 4.79. The second-order valence-electron chi connectivity index (χ2n) is 11.9. The molecule has 8 bridgehead atoms. The van der Waals surface area contributed by atoms with Crippen molar-refractivity contribution in [3.63, 3.8) is 0 Å². The van der Waals surface area contributed by atoms with Crippen LogP contribution < -0.4 is 21.4 Å². The third kappa shape index (κ3) is 4.82. The van der Waals surface area contributed by atoms with Crippen molar-refractivity contribution in [2.45, 2.75) is 4.90 Å². The molecule has 5 aromatic heterocycles. The first kappa shape index (κ1) is 28.1. The van der Waals surface area contributed by atoms with E-state index in [9.17, 15) is 0 Å². The van der Waals surface area contributed by atoms with Gasteiger partial charge < -0.3 is 24.4 Å². The first-order valence-electron chi connectivity index (χ1n) is 15.9. The monoisotopic (exact) mass is 638 g/mol. The Morgan fingerprint density at radius 1 is 0.354 bits per heavy atom. The van der Waals surface area contributed by atoms with E-state index in [1.54, 1.807) is 6.26 Å². The van der Waals surface area contributed by atoms with Gasteiger partial charge in [-0.15, -0.1) is 12.6 Å². The van der Waals surface area contributed by atoms with Crippen molar-refractivity contribution in [2.75, 3.05) is 0 Å². The summed E-state index contributed by atoms with van der Waals surface area (Å²) in [6.45, 7) is 0. The van der Waals surface area contributed by atoms with E-state index in [2.05, 4.69) is 147 Å². The van der Waals surface area contributed by atoms with Crippen LogP contribution >= 0.6 is 12.6 Å². The lowest BCUT2D eigenvalue weighted by molar-refractivity contribution is 0.546. The van der Waals surface area contributed by atoms with E-state index in [-0.39, 0.29) is 0 Å². The second-order valence-corrected chi connectivity index (χ2v) is 12.4. The first-order chi connectivity index (χ1) is 23.7. The first-order valence-corrected chi connectivity index (χ1v) is 16.4. The van der Waals surface area contributed by atoms with Gasteiger partial charge in [0.1, 0.15) is 0 Å². The van der Waals surface area contributed by atoms with Gasteiger partial charge in [0.05, 0.1) is 27.8 Å². The molecule has 3 aromatic carbocycles. The van der Waals surface area contributed by atoms with Gasteiger partial charge in [0.2, 0.25) is 0 Å². The fourth-order valence-corrected chi connectivity index (χ4v) is 7.03. The lowest BCUT2D eigenvalue weighted by atomic mass is 10.0. The van der Waals surface area contributed by atoms with Gasteiger partial charge in [0.15, 0.2) is 5.76 Å². The third-order valence-corrected chi connectivity index (χ3v) is 9.31. The van der Waals surface area contributed by atoms with Crippen molar-refractivity contribution in [3.8, 4) is 0 Å². The Hall–Kier alpha value is -6.11. The van der Waals surface area contributed by atoms with E-state index in [0.29, 0.717) is 5.76 Å². The van der Waals surface area contributed by atoms with Gasteiger partial charge in [-0.25, -0.2) is 0 Å². The van der Waals surface area contributed by atoms with Crippen LogP contribution in [0.3, 0.4) is 0 Å². The Morgan fingerprint density at radius 2 is 0.708 bits per heavy atom. The summed E-state index contributed by atoms with van der Waals surface area (Å²) in [5.41, 5.74) is 11.4. The fourth-order valence-electron chi connectivity index (χ4n) is 6.81. The molecule has 0 aliphatic carbocycles. The molecular weight excluding hydrogens is 609 g/mol. The molecule has 48 heavy (non-hydrogen) atoms. The Kier molecular flexibility index (Phi) is 6.80. The Morgan fingerprint density at radius 3 is 1.06 bits per heavy atom. The Bertz CT molecular complexity index is 2670. The number of hydrogen-bond acceptors (Lipinski definition) is 2. The maximum atomic E-state index is 6.08. The molecule has 6 heterocycles. The van der Waals surface area contributed by atoms with Crippen LogP contribution in [0.5, 0.6) is 0 Å². The quantitative estimate of drug-likeness (QED) is 0.147. The van der Waals surface area contributed by atoms with Gasteiger partial charge in [-0.1, -0.05) is 91.0 Å². The van der Waals surface area contributed by atoms with Crippen molar-refractivity contribution in [1.82, 2.24) is 19.9 Å². The Labute approximate surface area is 281 Å². The largest absolute Gasteiger partial charge is 0.463 e. The number of thiol groups is 1. The predicted octanol–water partition coefficient (Wildman–Crippen LogP) is 6.18. The molecule has 0 amide bonds. The number of rotatable bonds is 4.